The number of carbonyl (C=O) groups is 3. The zero-order valence-electron chi connectivity index (χ0n) is 24.4. The minimum absolute atomic E-state index is 0.309. The van der Waals surface area contributed by atoms with Gasteiger partial charge in [-0.25, -0.2) is 4.79 Å². The highest BCUT2D eigenvalue weighted by Crippen LogP contribution is 2.21. The van der Waals surface area contributed by atoms with Gasteiger partial charge < -0.3 is 21.5 Å². The number of carboxylic acids is 1. The molecule has 0 saturated carbocycles. The summed E-state index contributed by atoms with van der Waals surface area (Å²) in [5.41, 5.74) is 9.62. The Morgan fingerprint density at radius 3 is 1.74 bits per heavy atom. The molecule has 2 heterocycles. The van der Waals surface area contributed by atoms with E-state index >= 15 is 0 Å². The first-order valence-electron chi connectivity index (χ1n) is 14.6. The van der Waals surface area contributed by atoms with E-state index in [0.29, 0.717) is 13.1 Å². The molecule has 43 heavy (non-hydrogen) atoms. The van der Waals surface area contributed by atoms with E-state index in [0.717, 1.165) is 44.6 Å². The predicted octanol–water partition coefficient (Wildman–Crippen LogP) is 3.42. The van der Waals surface area contributed by atoms with Crippen molar-refractivity contribution in [1.82, 2.24) is 20.4 Å². The van der Waals surface area contributed by atoms with Crippen LogP contribution in [0.1, 0.15) is 55.2 Å². The van der Waals surface area contributed by atoms with Crippen molar-refractivity contribution < 1.29 is 32.7 Å². The van der Waals surface area contributed by atoms with Crippen molar-refractivity contribution in [2.24, 2.45) is 5.73 Å². The number of benzene rings is 2. The maximum Gasteiger partial charge on any atom is 0.490 e. The summed E-state index contributed by atoms with van der Waals surface area (Å²) in [6.07, 6.45) is 1.72. The number of hydrogen-bond acceptors (Lipinski definition) is 6. The van der Waals surface area contributed by atoms with Crippen LogP contribution in [0.4, 0.5) is 13.2 Å². The lowest BCUT2D eigenvalue weighted by atomic mass is 9.88. The highest BCUT2D eigenvalue weighted by Gasteiger charge is 2.38. The molecule has 12 heteroatoms. The average Bonchev–Trinajstić information content (AvgIpc) is 3.26. The molecule has 0 bridgehead atoms. The van der Waals surface area contributed by atoms with Gasteiger partial charge >= 0.3 is 24.0 Å². The van der Waals surface area contributed by atoms with Gasteiger partial charge in [0.15, 0.2) is 0 Å². The summed E-state index contributed by atoms with van der Waals surface area (Å²) >= 11 is 0. The van der Waals surface area contributed by atoms with E-state index < -0.39 is 29.5 Å². The van der Waals surface area contributed by atoms with E-state index in [2.05, 4.69) is 56.8 Å². The van der Waals surface area contributed by atoms with Crippen molar-refractivity contribution in [2.75, 3.05) is 32.7 Å². The fourth-order valence-corrected chi connectivity index (χ4v) is 5.09. The molecule has 2 amide bonds. The van der Waals surface area contributed by atoms with Crippen molar-refractivity contribution in [2.45, 2.75) is 69.9 Å². The normalized spacial score (nSPS) is 17.6. The van der Waals surface area contributed by atoms with E-state index in [9.17, 15) is 22.8 Å². The summed E-state index contributed by atoms with van der Waals surface area (Å²) in [5, 5.41) is 12.6. The van der Waals surface area contributed by atoms with Gasteiger partial charge in [-0.2, -0.15) is 13.2 Å². The molecule has 0 unspecified atom stereocenters. The summed E-state index contributed by atoms with van der Waals surface area (Å²) in [5.74, 6) is -3.99. The molecule has 0 atom stereocenters. The molecule has 236 valence electrons. The molecule has 0 aromatic heterocycles. The number of nitrogens with zero attached hydrogens (tertiary/aromatic N) is 2. The number of rotatable bonds is 8. The molecular weight excluding hydrogens is 563 g/mol. The third-order valence-electron chi connectivity index (χ3n) is 7.73. The third-order valence-corrected chi connectivity index (χ3v) is 7.73. The van der Waals surface area contributed by atoms with Crippen LogP contribution in [0, 0.1) is 0 Å². The zero-order valence-corrected chi connectivity index (χ0v) is 24.4. The van der Waals surface area contributed by atoms with Crippen molar-refractivity contribution in [3.63, 3.8) is 0 Å². The highest BCUT2D eigenvalue weighted by molar-refractivity contribution is 6.35. The first kappa shape index (κ1) is 34.0. The highest BCUT2D eigenvalue weighted by atomic mass is 19.4. The number of halogens is 3. The van der Waals surface area contributed by atoms with Crippen LogP contribution in [0.25, 0.3) is 0 Å². The van der Waals surface area contributed by atoms with E-state index in [4.69, 9.17) is 15.6 Å². The lowest BCUT2D eigenvalue weighted by Crippen LogP contribution is -2.57. The van der Waals surface area contributed by atoms with Gasteiger partial charge in [0.1, 0.15) is 0 Å². The van der Waals surface area contributed by atoms with Crippen LogP contribution in [-0.4, -0.2) is 77.1 Å². The third kappa shape index (κ3) is 12.3. The molecule has 2 saturated heterocycles. The van der Waals surface area contributed by atoms with Crippen molar-refractivity contribution in [3.8, 4) is 0 Å². The number of alkyl halides is 3. The quantitative estimate of drug-likeness (QED) is 0.340. The summed E-state index contributed by atoms with van der Waals surface area (Å²) in [6.45, 7) is 6.61. The Bertz CT molecular complexity index is 1160. The largest absolute Gasteiger partial charge is 0.490 e. The maximum atomic E-state index is 12.4. The summed E-state index contributed by atoms with van der Waals surface area (Å²) < 4.78 is 31.7. The molecule has 9 nitrogen and oxygen atoms in total. The lowest BCUT2D eigenvalue weighted by Gasteiger charge is -2.39. The standard InChI is InChI=1S/C29H41N5O2.C2HF3O2/c30-29(14-18-34(19-15-29)21-25-8-4-3-5-9-25)23-32-28(36)27(35)31-20-24-10-12-26(13-11-24)22-33-16-6-1-2-7-17-33;3-2(4,5)1(6)7/h3-5,8-13H,1-2,6-7,14-23,30H2,(H,31,35)(H,32,36);(H,6,7). The molecule has 0 aliphatic carbocycles. The number of piperidine rings is 1. The van der Waals surface area contributed by atoms with Crippen molar-refractivity contribution >= 4 is 17.8 Å². The van der Waals surface area contributed by atoms with Crippen molar-refractivity contribution in [3.05, 3.63) is 71.3 Å². The van der Waals surface area contributed by atoms with Crippen molar-refractivity contribution in [1.29, 1.82) is 0 Å². The Morgan fingerprint density at radius 2 is 1.21 bits per heavy atom. The second-order valence-corrected chi connectivity index (χ2v) is 11.3. The van der Waals surface area contributed by atoms with E-state index in [1.165, 1.54) is 49.9 Å². The second-order valence-electron chi connectivity index (χ2n) is 11.3. The van der Waals surface area contributed by atoms with Gasteiger partial charge in [-0.1, -0.05) is 67.4 Å². The number of likely N-dealkylation sites (tertiary alicyclic amines) is 2. The summed E-state index contributed by atoms with van der Waals surface area (Å²) in [4.78, 5) is 38.5. The molecule has 2 aliphatic heterocycles. The Morgan fingerprint density at radius 1 is 0.744 bits per heavy atom. The predicted molar refractivity (Wildman–Crippen MR) is 157 cm³/mol. The van der Waals surface area contributed by atoms with Gasteiger partial charge in [0.25, 0.3) is 0 Å². The fraction of sp³-hybridized carbons (Fsp3) is 0.516. The first-order chi connectivity index (χ1) is 20.4. The Kier molecular flexibility index (Phi) is 13.0. The Balaban J connectivity index is 0.000000646. The second kappa shape index (κ2) is 16.4. The summed E-state index contributed by atoms with van der Waals surface area (Å²) in [7, 11) is 0. The number of nitrogens with one attached hydrogen (secondary N) is 2. The van der Waals surface area contributed by atoms with E-state index in [-0.39, 0.29) is 0 Å². The first-order valence-corrected chi connectivity index (χ1v) is 14.6. The number of carbonyl (C=O) groups excluding carboxylic acids is 2. The van der Waals surface area contributed by atoms with Crippen LogP contribution in [0.2, 0.25) is 0 Å². The van der Waals surface area contributed by atoms with Crippen LogP contribution >= 0.6 is 0 Å². The minimum atomic E-state index is -5.08. The van der Waals surface area contributed by atoms with Gasteiger partial charge in [-0.05, 0) is 55.5 Å². The summed E-state index contributed by atoms with van der Waals surface area (Å²) in [6, 6.07) is 18.7. The number of aliphatic carboxylic acids is 1. The van der Waals surface area contributed by atoms with Crippen LogP contribution in [0.3, 0.4) is 0 Å². The molecule has 4 rings (SSSR count). The number of carboxylic acid groups (broad SMARTS) is 1. The zero-order chi connectivity index (χ0) is 31.3. The van der Waals surface area contributed by atoms with Crippen LogP contribution in [0.15, 0.2) is 54.6 Å². The minimum Gasteiger partial charge on any atom is -0.475 e. The van der Waals surface area contributed by atoms with Gasteiger partial charge in [-0.15, -0.1) is 0 Å². The van der Waals surface area contributed by atoms with E-state index in [1.54, 1.807) is 0 Å². The molecule has 2 aliphatic rings. The van der Waals surface area contributed by atoms with Gasteiger partial charge in [0, 0.05) is 44.8 Å². The van der Waals surface area contributed by atoms with Gasteiger partial charge in [-0.3, -0.25) is 19.4 Å². The van der Waals surface area contributed by atoms with Gasteiger partial charge in [0.05, 0.1) is 0 Å². The average molecular weight is 606 g/mol. The van der Waals surface area contributed by atoms with Crippen LogP contribution in [0.5, 0.6) is 0 Å². The molecule has 0 radical (unpaired) electrons. The monoisotopic (exact) mass is 605 g/mol. The molecule has 2 aromatic rings. The number of nitrogens with two attached hydrogens (primary N) is 1. The SMILES string of the molecule is NC1(CNC(=O)C(=O)NCc2ccc(CN3CCCCCC3)cc2)CCN(Cc2ccccc2)CC1.O=C(O)C(F)(F)F. The molecular formula is C31H42F3N5O4. The number of amides is 2. The molecule has 5 N–H and O–H groups in total. The van der Waals surface area contributed by atoms with Gasteiger partial charge in [0.2, 0.25) is 0 Å². The Labute approximate surface area is 250 Å². The molecule has 2 aromatic carbocycles. The Hall–Kier alpha value is -3.48. The molecule has 2 fully saturated rings. The fourth-order valence-electron chi connectivity index (χ4n) is 5.09. The maximum absolute atomic E-state index is 12.4. The lowest BCUT2D eigenvalue weighted by molar-refractivity contribution is -0.192. The molecule has 0 spiro atoms. The smallest absolute Gasteiger partial charge is 0.475 e. The van der Waals surface area contributed by atoms with Crippen LogP contribution < -0.4 is 16.4 Å². The topological polar surface area (TPSA) is 128 Å². The van der Waals surface area contributed by atoms with E-state index in [1.807, 2.05) is 18.2 Å². The van der Waals surface area contributed by atoms with Crippen LogP contribution in [-0.2, 0) is 34.0 Å². The number of hydrogen-bond donors (Lipinski definition) is 4.